The molecule has 2 amide bonds. The Bertz CT molecular complexity index is 975. The molecule has 0 unspecified atom stereocenters. The van der Waals surface area contributed by atoms with Crippen LogP contribution in [0, 0.1) is 0 Å². The Labute approximate surface area is 137 Å². The predicted molar refractivity (Wildman–Crippen MR) is 93.3 cm³/mol. The van der Waals surface area contributed by atoms with E-state index in [1.54, 1.807) is 42.5 Å². The number of carbonyl (C=O) groups excluding carboxylic acids is 2. The van der Waals surface area contributed by atoms with E-state index in [9.17, 15) is 14.4 Å². The fourth-order valence-corrected chi connectivity index (χ4v) is 2.37. The van der Waals surface area contributed by atoms with Crippen LogP contribution in [0.5, 0.6) is 0 Å². The highest BCUT2D eigenvalue weighted by Gasteiger charge is 2.13. The summed E-state index contributed by atoms with van der Waals surface area (Å²) in [6.07, 6.45) is 1.41. The van der Waals surface area contributed by atoms with E-state index in [-0.39, 0.29) is 16.9 Å². The molecule has 120 valence electrons. The summed E-state index contributed by atoms with van der Waals surface area (Å²) in [4.78, 5) is 38.7. The molecule has 0 radical (unpaired) electrons. The molecule has 6 nitrogen and oxygen atoms in total. The number of benzene rings is 2. The van der Waals surface area contributed by atoms with Crippen LogP contribution in [0.2, 0.25) is 0 Å². The molecule has 3 N–H and O–H groups in total. The quantitative estimate of drug-likeness (QED) is 0.692. The van der Waals surface area contributed by atoms with Crippen molar-refractivity contribution in [1.29, 1.82) is 0 Å². The van der Waals surface area contributed by atoms with Crippen LogP contribution in [0.15, 0.2) is 59.5 Å². The minimum Gasteiger partial charge on any atom is -0.360 e. The van der Waals surface area contributed by atoms with Gasteiger partial charge >= 0.3 is 0 Å². The van der Waals surface area contributed by atoms with Crippen molar-refractivity contribution in [3.05, 3.63) is 70.5 Å². The number of rotatable bonds is 3. The molecule has 0 atom stereocenters. The van der Waals surface area contributed by atoms with E-state index in [4.69, 9.17) is 0 Å². The molecule has 3 aromatic rings. The summed E-state index contributed by atoms with van der Waals surface area (Å²) in [5.41, 5.74) is 1.56. The Morgan fingerprint density at radius 1 is 0.917 bits per heavy atom. The highest BCUT2D eigenvalue weighted by Crippen LogP contribution is 2.14. The van der Waals surface area contributed by atoms with E-state index < -0.39 is 5.91 Å². The van der Waals surface area contributed by atoms with Crippen LogP contribution in [-0.2, 0) is 4.79 Å². The smallest absolute Gasteiger partial charge is 0.261 e. The van der Waals surface area contributed by atoms with Crippen molar-refractivity contribution < 1.29 is 9.59 Å². The molecule has 0 saturated carbocycles. The third kappa shape index (κ3) is 3.17. The molecular weight excluding hydrogens is 306 g/mol. The van der Waals surface area contributed by atoms with Gasteiger partial charge in [-0.3, -0.25) is 14.4 Å². The molecule has 2 aromatic carbocycles. The number of fused-ring (bicyclic) bond motifs is 1. The zero-order valence-corrected chi connectivity index (χ0v) is 12.9. The fourth-order valence-electron chi connectivity index (χ4n) is 2.37. The number of hydrogen-bond acceptors (Lipinski definition) is 3. The second-order valence-corrected chi connectivity index (χ2v) is 5.29. The molecule has 6 heteroatoms. The lowest BCUT2D eigenvalue weighted by molar-refractivity contribution is -0.114. The normalized spacial score (nSPS) is 10.4. The summed E-state index contributed by atoms with van der Waals surface area (Å²) in [6, 6.07) is 13.7. The first kappa shape index (κ1) is 15.5. The molecule has 0 bridgehead atoms. The standard InChI is InChI=1S/C18H15N3O3/c1-11(22)20-12-6-8-13(9-7-12)21-18(24)15-10-19-16-5-3-2-4-14(16)17(15)23/h2-10H,1H3,(H,19,23)(H,20,22)(H,21,24). The Balaban J connectivity index is 1.84. The SMILES string of the molecule is CC(=O)Nc1ccc(NC(=O)c2c[nH]c3ccccc3c2=O)cc1. The molecule has 3 rings (SSSR count). The second-order valence-electron chi connectivity index (χ2n) is 5.29. The predicted octanol–water partition coefficient (Wildman–Crippen LogP) is 2.74. The van der Waals surface area contributed by atoms with Crippen LogP contribution in [0.25, 0.3) is 10.9 Å². The van der Waals surface area contributed by atoms with Crippen LogP contribution in [0.3, 0.4) is 0 Å². The van der Waals surface area contributed by atoms with Crippen molar-refractivity contribution in [1.82, 2.24) is 4.98 Å². The van der Waals surface area contributed by atoms with Gasteiger partial charge in [-0.15, -0.1) is 0 Å². The summed E-state index contributed by atoms with van der Waals surface area (Å²) >= 11 is 0. The fraction of sp³-hybridized carbons (Fsp3) is 0.0556. The van der Waals surface area contributed by atoms with E-state index in [0.29, 0.717) is 22.3 Å². The topological polar surface area (TPSA) is 91.1 Å². The average molecular weight is 321 g/mol. The van der Waals surface area contributed by atoms with Gasteiger partial charge in [0.1, 0.15) is 5.56 Å². The summed E-state index contributed by atoms with van der Waals surface area (Å²) in [6.45, 7) is 1.42. The van der Waals surface area contributed by atoms with Crippen LogP contribution in [0.4, 0.5) is 11.4 Å². The van der Waals surface area contributed by atoms with Gasteiger partial charge < -0.3 is 15.6 Å². The van der Waals surface area contributed by atoms with E-state index in [0.717, 1.165) is 0 Å². The van der Waals surface area contributed by atoms with Crippen molar-refractivity contribution in [3.63, 3.8) is 0 Å². The largest absolute Gasteiger partial charge is 0.360 e. The van der Waals surface area contributed by atoms with E-state index in [1.165, 1.54) is 13.1 Å². The van der Waals surface area contributed by atoms with Gasteiger partial charge in [0.25, 0.3) is 5.91 Å². The lowest BCUT2D eigenvalue weighted by Gasteiger charge is -2.07. The van der Waals surface area contributed by atoms with Crippen LogP contribution < -0.4 is 16.1 Å². The number of aromatic nitrogens is 1. The number of para-hydroxylation sites is 1. The van der Waals surface area contributed by atoms with Gasteiger partial charge in [-0.1, -0.05) is 12.1 Å². The molecule has 0 aliphatic rings. The number of aromatic amines is 1. The molecule has 0 aliphatic heterocycles. The Morgan fingerprint density at radius 3 is 2.21 bits per heavy atom. The highest BCUT2D eigenvalue weighted by atomic mass is 16.2. The number of nitrogens with one attached hydrogen (secondary N) is 3. The number of anilines is 2. The molecular formula is C18H15N3O3. The third-order valence-corrected chi connectivity index (χ3v) is 3.50. The molecule has 0 saturated heterocycles. The first-order valence-corrected chi connectivity index (χ1v) is 7.34. The number of hydrogen-bond donors (Lipinski definition) is 3. The van der Waals surface area contributed by atoms with Gasteiger partial charge in [-0.25, -0.2) is 0 Å². The third-order valence-electron chi connectivity index (χ3n) is 3.50. The van der Waals surface area contributed by atoms with E-state index in [1.807, 2.05) is 6.07 Å². The number of pyridine rings is 1. The summed E-state index contributed by atoms with van der Waals surface area (Å²) in [7, 11) is 0. The highest BCUT2D eigenvalue weighted by molar-refractivity contribution is 6.05. The van der Waals surface area contributed by atoms with Gasteiger partial charge in [0, 0.05) is 35.4 Å². The first-order chi connectivity index (χ1) is 11.5. The van der Waals surface area contributed by atoms with Crippen molar-refractivity contribution in [2.24, 2.45) is 0 Å². The van der Waals surface area contributed by atoms with Crippen LogP contribution >= 0.6 is 0 Å². The van der Waals surface area contributed by atoms with Crippen molar-refractivity contribution >= 4 is 34.1 Å². The Morgan fingerprint density at radius 2 is 1.54 bits per heavy atom. The number of H-pyrrole nitrogens is 1. The van der Waals surface area contributed by atoms with Gasteiger partial charge in [0.15, 0.2) is 0 Å². The van der Waals surface area contributed by atoms with Gasteiger partial charge in [-0.2, -0.15) is 0 Å². The van der Waals surface area contributed by atoms with E-state index in [2.05, 4.69) is 15.6 Å². The van der Waals surface area contributed by atoms with Gasteiger partial charge in [0.05, 0.1) is 0 Å². The number of amides is 2. The zero-order valence-electron chi connectivity index (χ0n) is 12.9. The molecule has 1 heterocycles. The zero-order chi connectivity index (χ0) is 17.1. The first-order valence-electron chi connectivity index (χ1n) is 7.34. The Hall–Kier alpha value is -3.41. The molecule has 0 fully saturated rings. The molecule has 24 heavy (non-hydrogen) atoms. The molecule has 0 aliphatic carbocycles. The van der Waals surface area contributed by atoms with Crippen molar-refractivity contribution in [3.8, 4) is 0 Å². The lowest BCUT2D eigenvalue weighted by atomic mass is 10.1. The van der Waals surface area contributed by atoms with Crippen LogP contribution in [-0.4, -0.2) is 16.8 Å². The summed E-state index contributed by atoms with van der Waals surface area (Å²) in [5, 5.41) is 5.78. The Kier molecular flexibility index (Phi) is 4.11. The summed E-state index contributed by atoms with van der Waals surface area (Å²) < 4.78 is 0. The van der Waals surface area contributed by atoms with Crippen molar-refractivity contribution in [2.75, 3.05) is 10.6 Å². The second kappa shape index (κ2) is 6.37. The van der Waals surface area contributed by atoms with Gasteiger partial charge in [-0.05, 0) is 36.4 Å². The minimum absolute atomic E-state index is 0.0413. The molecule has 0 spiro atoms. The van der Waals surface area contributed by atoms with Crippen LogP contribution in [0.1, 0.15) is 17.3 Å². The van der Waals surface area contributed by atoms with E-state index >= 15 is 0 Å². The number of carbonyl (C=O) groups is 2. The van der Waals surface area contributed by atoms with Crippen molar-refractivity contribution in [2.45, 2.75) is 6.92 Å². The lowest BCUT2D eigenvalue weighted by Crippen LogP contribution is -2.21. The maximum Gasteiger partial charge on any atom is 0.261 e. The monoisotopic (exact) mass is 321 g/mol. The minimum atomic E-state index is -0.491. The molecule has 1 aromatic heterocycles. The summed E-state index contributed by atoms with van der Waals surface area (Å²) in [5.74, 6) is -0.663. The average Bonchev–Trinajstić information content (AvgIpc) is 2.56. The van der Waals surface area contributed by atoms with Gasteiger partial charge in [0.2, 0.25) is 11.3 Å². The maximum absolute atomic E-state index is 12.4. The maximum atomic E-state index is 12.4.